The molecule has 0 aliphatic rings. The van der Waals surface area contributed by atoms with Gasteiger partial charge in [0, 0.05) is 36.1 Å². The predicted octanol–water partition coefficient (Wildman–Crippen LogP) is 1.19. The van der Waals surface area contributed by atoms with Crippen molar-refractivity contribution in [3.05, 3.63) is 49.1 Å². The summed E-state index contributed by atoms with van der Waals surface area (Å²) in [6.07, 6.45) is 8.21. The van der Waals surface area contributed by atoms with Crippen LogP contribution in [0.5, 0.6) is 0 Å². The van der Waals surface area contributed by atoms with E-state index in [2.05, 4.69) is 58.2 Å². The highest BCUT2D eigenvalue weighted by molar-refractivity contribution is 5.60. The summed E-state index contributed by atoms with van der Waals surface area (Å²) >= 11 is 0. The fourth-order valence-electron chi connectivity index (χ4n) is 2.38. The second kappa shape index (κ2) is 8.01. The summed E-state index contributed by atoms with van der Waals surface area (Å²) in [5, 5.41) is 18.2. The van der Waals surface area contributed by atoms with Crippen LogP contribution in [0.25, 0.3) is 11.1 Å². The first-order valence-electron chi connectivity index (χ1n) is 7.82. The molecule has 4 heteroatoms. The van der Waals surface area contributed by atoms with E-state index in [1.54, 1.807) is 0 Å². The van der Waals surface area contributed by atoms with Crippen molar-refractivity contribution in [3.63, 3.8) is 0 Å². The number of aliphatic hydroxyl groups excluding tert-OH is 2. The van der Waals surface area contributed by atoms with Gasteiger partial charge in [-0.3, -0.25) is 0 Å². The van der Waals surface area contributed by atoms with Gasteiger partial charge in [0.25, 0.3) is 0 Å². The molecular formula is C18H26N2O2+2. The van der Waals surface area contributed by atoms with Gasteiger partial charge in [-0.2, -0.15) is 0 Å². The van der Waals surface area contributed by atoms with Crippen LogP contribution in [0.4, 0.5) is 0 Å². The molecule has 2 heterocycles. The second-order valence-electron chi connectivity index (χ2n) is 6.14. The number of aliphatic hydroxyl groups is 2. The van der Waals surface area contributed by atoms with E-state index in [4.69, 9.17) is 10.2 Å². The molecule has 0 aromatic carbocycles. The van der Waals surface area contributed by atoms with Gasteiger partial charge in [0.1, 0.15) is 0 Å². The van der Waals surface area contributed by atoms with Crippen LogP contribution in [0.15, 0.2) is 49.1 Å². The first-order valence-corrected chi connectivity index (χ1v) is 7.82. The van der Waals surface area contributed by atoms with E-state index >= 15 is 0 Å². The van der Waals surface area contributed by atoms with Crippen molar-refractivity contribution in [2.24, 2.45) is 11.8 Å². The van der Waals surface area contributed by atoms with Crippen LogP contribution in [0.1, 0.15) is 13.8 Å². The first-order chi connectivity index (χ1) is 10.6. The Kier molecular flexibility index (Phi) is 6.04. The molecule has 2 aromatic heterocycles. The van der Waals surface area contributed by atoms with Crippen LogP contribution in [0, 0.1) is 11.8 Å². The number of hydrogen-bond acceptors (Lipinski definition) is 2. The lowest BCUT2D eigenvalue weighted by molar-refractivity contribution is -0.703. The molecule has 0 spiro atoms. The predicted molar refractivity (Wildman–Crippen MR) is 84.8 cm³/mol. The maximum atomic E-state index is 9.10. The zero-order valence-electron chi connectivity index (χ0n) is 13.4. The molecule has 0 unspecified atom stereocenters. The molecule has 0 fully saturated rings. The van der Waals surface area contributed by atoms with E-state index in [1.807, 2.05) is 13.8 Å². The summed E-state index contributed by atoms with van der Waals surface area (Å²) in [7, 11) is 0. The summed E-state index contributed by atoms with van der Waals surface area (Å²) in [5.74, 6) is 0.528. The number of pyridine rings is 2. The quantitative estimate of drug-likeness (QED) is 0.755. The van der Waals surface area contributed by atoms with Crippen molar-refractivity contribution < 1.29 is 19.3 Å². The van der Waals surface area contributed by atoms with Gasteiger partial charge in [-0.1, -0.05) is 13.8 Å². The van der Waals surface area contributed by atoms with Gasteiger partial charge >= 0.3 is 0 Å². The third-order valence-electron chi connectivity index (χ3n) is 3.78. The molecule has 0 aliphatic carbocycles. The maximum absolute atomic E-state index is 9.10. The lowest BCUT2D eigenvalue weighted by Crippen LogP contribution is -2.37. The average Bonchev–Trinajstić information content (AvgIpc) is 2.56. The Morgan fingerprint density at radius 3 is 1.32 bits per heavy atom. The van der Waals surface area contributed by atoms with Gasteiger partial charge in [-0.15, -0.1) is 0 Å². The average molecular weight is 302 g/mol. The molecule has 2 rings (SSSR count). The van der Waals surface area contributed by atoms with E-state index in [-0.39, 0.29) is 25.0 Å². The fourth-order valence-corrected chi connectivity index (χ4v) is 2.38. The summed E-state index contributed by atoms with van der Waals surface area (Å²) < 4.78 is 4.19. The van der Waals surface area contributed by atoms with E-state index in [9.17, 15) is 0 Å². The van der Waals surface area contributed by atoms with Crippen LogP contribution in [-0.2, 0) is 13.1 Å². The first kappa shape index (κ1) is 16.6. The van der Waals surface area contributed by atoms with E-state index in [0.29, 0.717) is 0 Å². The molecule has 0 saturated heterocycles. The topological polar surface area (TPSA) is 48.2 Å². The fraction of sp³-hybridized carbons (Fsp3) is 0.444. The number of aromatic nitrogens is 2. The third-order valence-corrected chi connectivity index (χ3v) is 3.78. The Balaban J connectivity index is 2.05. The monoisotopic (exact) mass is 302 g/mol. The van der Waals surface area contributed by atoms with E-state index < -0.39 is 0 Å². The van der Waals surface area contributed by atoms with E-state index in [0.717, 1.165) is 13.1 Å². The molecule has 2 atom stereocenters. The standard InChI is InChI=1S/C18H26N2O2/c1-15(13-21)11-19-7-3-17(4-8-19)18-5-9-20(10-6-18)12-16(2)14-22/h3-10,15-16,21-22H,11-14H2,1-2H3/q+2/t15-,16-/m1/s1. The van der Waals surface area contributed by atoms with Crippen molar-refractivity contribution in [2.75, 3.05) is 13.2 Å². The van der Waals surface area contributed by atoms with Gasteiger partial charge in [-0.05, 0) is 11.1 Å². The summed E-state index contributed by atoms with van der Waals surface area (Å²) in [5.41, 5.74) is 2.35. The van der Waals surface area contributed by atoms with Gasteiger partial charge in [0.2, 0.25) is 0 Å². The zero-order chi connectivity index (χ0) is 15.9. The molecule has 2 aromatic rings. The molecule has 118 valence electrons. The number of hydrogen-bond donors (Lipinski definition) is 2. The van der Waals surface area contributed by atoms with Gasteiger partial charge in [0.05, 0.1) is 13.2 Å². The second-order valence-corrected chi connectivity index (χ2v) is 6.14. The highest BCUT2D eigenvalue weighted by Gasteiger charge is 2.10. The molecule has 0 radical (unpaired) electrons. The van der Waals surface area contributed by atoms with Crippen molar-refractivity contribution in [1.82, 2.24) is 0 Å². The molecule has 0 saturated carbocycles. The van der Waals surface area contributed by atoms with Crippen molar-refractivity contribution >= 4 is 0 Å². The summed E-state index contributed by atoms with van der Waals surface area (Å²) in [6.45, 7) is 6.13. The van der Waals surface area contributed by atoms with Gasteiger partial charge < -0.3 is 10.2 Å². The smallest absolute Gasteiger partial charge is 0.169 e. The Morgan fingerprint density at radius 2 is 1.05 bits per heavy atom. The minimum atomic E-state index is 0.208. The Hall–Kier alpha value is -1.78. The van der Waals surface area contributed by atoms with Crippen molar-refractivity contribution in [3.8, 4) is 11.1 Å². The van der Waals surface area contributed by atoms with Crippen LogP contribution in [-0.4, -0.2) is 23.4 Å². The largest absolute Gasteiger partial charge is 0.396 e. The number of rotatable bonds is 7. The normalized spacial score (nSPS) is 13.8. The third kappa shape index (κ3) is 4.61. The maximum Gasteiger partial charge on any atom is 0.169 e. The van der Waals surface area contributed by atoms with E-state index in [1.165, 1.54) is 11.1 Å². The molecular weight excluding hydrogens is 276 g/mol. The van der Waals surface area contributed by atoms with Crippen LogP contribution < -0.4 is 9.13 Å². The molecule has 22 heavy (non-hydrogen) atoms. The summed E-state index contributed by atoms with van der Waals surface area (Å²) in [4.78, 5) is 0. The zero-order valence-corrected chi connectivity index (χ0v) is 13.4. The number of nitrogens with zero attached hydrogens (tertiary/aromatic N) is 2. The Morgan fingerprint density at radius 1 is 0.727 bits per heavy atom. The van der Waals surface area contributed by atoms with Gasteiger partial charge in [0.15, 0.2) is 37.9 Å². The Bertz CT molecular complexity index is 513. The minimum absolute atomic E-state index is 0.208. The lowest BCUT2D eigenvalue weighted by Gasteiger charge is -2.05. The highest BCUT2D eigenvalue weighted by Crippen LogP contribution is 2.15. The molecule has 0 aliphatic heterocycles. The SMILES string of the molecule is C[C@@H](CO)C[n+]1ccc(-c2cc[n+](C[C@@H](C)CO)cc2)cc1. The highest BCUT2D eigenvalue weighted by atomic mass is 16.3. The van der Waals surface area contributed by atoms with Crippen molar-refractivity contribution in [1.29, 1.82) is 0 Å². The van der Waals surface area contributed by atoms with Gasteiger partial charge in [-0.25, -0.2) is 9.13 Å². The van der Waals surface area contributed by atoms with Crippen LogP contribution in [0.2, 0.25) is 0 Å². The molecule has 2 N–H and O–H groups in total. The van der Waals surface area contributed by atoms with Crippen molar-refractivity contribution in [2.45, 2.75) is 26.9 Å². The lowest BCUT2D eigenvalue weighted by atomic mass is 10.1. The Labute approximate surface area is 132 Å². The molecule has 0 amide bonds. The summed E-state index contributed by atoms with van der Waals surface area (Å²) in [6, 6.07) is 8.39. The molecule has 0 bridgehead atoms. The minimum Gasteiger partial charge on any atom is -0.396 e. The van der Waals surface area contributed by atoms with Crippen LogP contribution in [0.3, 0.4) is 0 Å². The molecule has 4 nitrogen and oxygen atoms in total. The van der Waals surface area contributed by atoms with Crippen LogP contribution >= 0.6 is 0 Å².